The Hall–Kier alpha value is -1.56. The first-order valence-electron chi connectivity index (χ1n) is 6.65. The molecular weight excluding hydrogens is 227 g/mol. The van der Waals surface area contributed by atoms with E-state index in [0.717, 1.165) is 31.4 Å². The van der Waals surface area contributed by atoms with E-state index in [1.165, 1.54) is 18.6 Å². The van der Waals surface area contributed by atoms with Gasteiger partial charge in [0.1, 0.15) is 11.4 Å². The molecule has 0 saturated heterocycles. The van der Waals surface area contributed by atoms with Gasteiger partial charge in [-0.2, -0.15) is 5.26 Å². The molecule has 2 atom stereocenters. The molecule has 0 amide bonds. The highest BCUT2D eigenvalue weighted by atomic mass is 19.1. The number of nitriles is 1. The van der Waals surface area contributed by atoms with Crippen LogP contribution < -0.4 is 5.32 Å². The summed E-state index contributed by atoms with van der Waals surface area (Å²) in [6, 6.07) is 8.74. The van der Waals surface area contributed by atoms with Crippen LogP contribution in [0.2, 0.25) is 0 Å². The second kappa shape index (κ2) is 5.39. The van der Waals surface area contributed by atoms with Gasteiger partial charge in [-0.05, 0) is 43.0 Å². The van der Waals surface area contributed by atoms with Crippen LogP contribution in [0.4, 0.5) is 10.1 Å². The highest BCUT2D eigenvalue weighted by molar-refractivity contribution is 5.48. The average molecular weight is 246 g/mol. The summed E-state index contributed by atoms with van der Waals surface area (Å²) in [5.74, 6) is 0.128. The van der Waals surface area contributed by atoms with Crippen LogP contribution in [0.15, 0.2) is 24.3 Å². The Balaban J connectivity index is 2.21. The zero-order valence-corrected chi connectivity index (χ0v) is 10.7. The van der Waals surface area contributed by atoms with Crippen molar-refractivity contribution in [1.29, 1.82) is 5.26 Å². The smallest absolute Gasteiger partial charge is 0.128 e. The van der Waals surface area contributed by atoms with Crippen molar-refractivity contribution in [2.75, 3.05) is 5.32 Å². The summed E-state index contributed by atoms with van der Waals surface area (Å²) in [6.45, 7) is 2.13. The van der Waals surface area contributed by atoms with Gasteiger partial charge in [0.2, 0.25) is 0 Å². The monoisotopic (exact) mass is 246 g/mol. The van der Waals surface area contributed by atoms with Crippen molar-refractivity contribution in [3.63, 3.8) is 0 Å². The molecule has 2 rings (SSSR count). The first-order chi connectivity index (χ1) is 8.70. The number of nitrogens with one attached hydrogen (secondary N) is 1. The Morgan fingerprint density at radius 1 is 1.39 bits per heavy atom. The van der Waals surface area contributed by atoms with Crippen LogP contribution in [0, 0.1) is 23.1 Å². The molecule has 2 nitrogen and oxygen atoms in total. The number of anilines is 1. The van der Waals surface area contributed by atoms with E-state index in [4.69, 9.17) is 0 Å². The maximum atomic E-state index is 12.9. The molecule has 2 unspecified atom stereocenters. The molecule has 1 aliphatic carbocycles. The van der Waals surface area contributed by atoms with Crippen LogP contribution in [0.3, 0.4) is 0 Å². The molecule has 3 heteroatoms. The van der Waals surface area contributed by atoms with Crippen LogP contribution in [0.1, 0.15) is 39.0 Å². The van der Waals surface area contributed by atoms with E-state index in [1.807, 2.05) is 0 Å². The van der Waals surface area contributed by atoms with E-state index in [0.29, 0.717) is 5.92 Å². The molecular formula is C15H19FN2. The van der Waals surface area contributed by atoms with E-state index in [2.05, 4.69) is 18.3 Å². The molecule has 0 bridgehead atoms. The van der Waals surface area contributed by atoms with Crippen LogP contribution in [-0.2, 0) is 0 Å². The molecule has 0 aliphatic heterocycles. The third kappa shape index (κ3) is 2.48. The van der Waals surface area contributed by atoms with Crippen LogP contribution in [0.25, 0.3) is 0 Å². The molecule has 96 valence electrons. The molecule has 1 aromatic carbocycles. The molecule has 0 radical (unpaired) electrons. The zero-order chi connectivity index (χ0) is 13.0. The first kappa shape index (κ1) is 12.9. The predicted molar refractivity (Wildman–Crippen MR) is 70.6 cm³/mol. The fourth-order valence-corrected chi connectivity index (χ4v) is 2.93. The fourth-order valence-electron chi connectivity index (χ4n) is 2.93. The largest absolute Gasteiger partial charge is 0.367 e. The molecule has 1 aromatic rings. The van der Waals surface area contributed by atoms with Crippen LogP contribution in [-0.4, -0.2) is 5.54 Å². The normalized spacial score (nSPS) is 27.5. The quantitative estimate of drug-likeness (QED) is 0.871. The zero-order valence-electron chi connectivity index (χ0n) is 10.7. The van der Waals surface area contributed by atoms with E-state index in [-0.39, 0.29) is 5.82 Å². The van der Waals surface area contributed by atoms with Crippen molar-refractivity contribution in [3.05, 3.63) is 30.1 Å². The number of hydrogen-bond acceptors (Lipinski definition) is 2. The molecule has 0 spiro atoms. The van der Waals surface area contributed by atoms with Gasteiger partial charge in [-0.25, -0.2) is 4.39 Å². The van der Waals surface area contributed by atoms with Gasteiger partial charge in [0.25, 0.3) is 0 Å². The lowest BCUT2D eigenvalue weighted by Crippen LogP contribution is -2.46. The van der Waals surface area contributed by atoms with Gasteiger partial charge in [-0.15, -0.1) is 0 Å². The first-order valence-corrected chi connectivity index (χ1v) is 6.65. The van der Waals surface area contributed by atoms with Gasteiger partial charge in [-0.3, -0.25) is 0 Å². The standard InChI is InChI=1S/C15H19FN2/c1-2-12-5-3-4-10-15(12,11-17)18-14-8-6-13(16)7-9-14/h6-9,12,18H,2-5,10H2,1H3. The van der Waals surface area contributed by atoms with Crippen molar-refractivity contribution in [2.45, 2.75) is 44.6 Å². The summed E-state index contributed by atoms with van der Waals surface area (Å²) >= 11 is 0. The van der Waals surface area contributed by atoms with Gasteiger partial charge >= 0.3 is 0 Å². The fraction of sp³-hybridized carbons (Fsp3) is 0.533. The van der Waals surface area contributed by atoms with Gasteiger partial charge in [0.05, 0.1) is 6.07 Å². The summed E-state index contributed by atoms with van der Waals surface area (Å²) in [4.78, 5) is 0. The molecule has 0 heterocycles. The van der Waals surface area contributed by atoms with Gasteiger partial charge in [0, 0.05) is 5.69 Å². The van der Waals surface area contributed by atoms with Gasteiger partial charge < -0.3 is 5.32 Å². The number of halogens is 1. The third-order valence-corrected chi connectivity index (χ3v) is 3.97. The van der Waals surface area contributed by atoms with Crippen molar-refractivity contribution in [2.24, 2.45) is 5.92 Å². The van der Waals surface area contributed by atoms with E-state index in [1.54, 1.807) is 12.1 Å². The molecule has 1 saturated carbocycles. The summed E-state index contributed by atoms with van der Waals surface area (Å²) in [6.07, 6.45) is 5.25. The van der Waals surface area contributed by atoms with Crippen molar-refractivity contribution in [3.8, 4) is 6.07 Å². The maximum absolute atomic E-state index is 12.9. The van der Waals surface area contributed by atoms with Crippen molar-refractivity contribution >= 4 is 5.69 Å². The summed E-state index contributed by atoms with van der Waals surface area (Å²) in [7, 11) is 0. The summed E-state index contributed by atoms with van der Waals surface area (Å²) < 4.78 is 12.9. The lowest BCUT2D eigenvalue weighted by atomic mass is 9.72. The Morgan fingerprint density at radius 3 is 2.72 bits per heavy atom. The molecule has 1 fully saturated rings. The van der Waals surface area contributed by atoms with Crippen LogP contribution >= 0.6 is 0 Å². The maximum Gasteiger partial charge on any atom is 0.128 e. The summed E-state index contributed by atoms with van der Waals surface area (Å²) in [5, 5.41) is 12.9. The minimum atomic E-state index is -0.481. The average Bonchev–Trinajstić information content (AvgIpc) is 2.42. The molecule has 0 aromatic heterocycles. The second-order valence-corrected chi connectivity index (χ2v) is 5.07. The molecule has 1 N–H and O–H groups in total. The van der Waals surface area contributed by atoms with E-state index < -0.39 is 5.54 Å². The molecule has 1 aliphatic rings. The van der Waals surface area contributed by atoms with Gasteiger partial charge in [0.15, 0.2) is 0 Å². The Labute approximate surface area is 108 Å². The highest BCUT2D eigenvalue weighted by Crippen LogP contribution is 2.38. The Morgan fingerprint density at radius 2 is 2.11 bits per heavy atom. The third-order valence-electron chi connectivity index (χ3n) is 3.97. The Bertz CT molecular complexity index is 435. The Kier molecular flexibility index (Phi) is 3.86. The number of nitrogens with zero attached hydrogens (tertiary/aromatic N) is 1. The predicted octanol–water partition coefficient (Wildman–Crippen LogP) is 4.10. The number of hydrogen-bond donors (Lipinski definition) is 1. The molecule has 18 heavy (non-hydrogen) atoms. The lowest BCUT2D eigenvalue weighted by Gasteiger charge is -2.39. The minimum absolute atomic E-state index is 0.248. The second-order valence-electron chi connectivity index (χ2n) is 5.07. The minimum Gasteiger partial charge on any atom is -0.367 e. The van der Waals surface area contributed by atoms with Crippen molar-refractivity contribution in [1.82, 2.24) is 0 Å². The van der Waals surface area contributed by atoms with Crippen molar-refractivity contribution < 1.29 is 4.39 Å². The van der Waals surface area contributed by atoms with Crippen LogP contribution in [0.5, 0.6) is 0 Å². The topological polar surface area (TPSA) is 35.8 Å². The van der Waals surface area contributed by atoms with E-state index in [9.17, 15) is 9.65 Å². The number of benzene rings is 1. The highest BCUT2D eigenvalue weighted by Gasteiger charge is 2.39. The summed E-state index contributed by atoms with van der Waals surface area (Å²) in [5.41, 5.74) is 0.350. The van der Waals surface area contributed by atoms with Gasteiger partial charge in [-0.1, -0.05) is 26.2 Å². The lowest BCUT2D eigenvalue weighted by molar-refractivity contribution is 0.259. The number of rotatable bonds is 3. The SMILES string of the molecule is CCC1CCCCC1(C#N)Nc1ccc(F)cc1. The van der Waals surface area contributed by atoms with E-state index >= 15 is 0 Å².